The van der Waals surface area contributed by atoms with Gasteiger partial charge in [0.1, 0.15) is 0 Å². The quantitative estimate of drug-likeness (QED) is 0.528. The molecule has 0 spiro atoms. The fraction of sp³-hybridized carbons (Fsp3) is 0.533. The molecule has 7 heteroatoms. The van der Waals surface area contributed by atoms with Gasteiger partial charge in [-0.05, 0) is 25.0 Å². The van der Waals surface area contributed by atoms with Crippen molar-refractivity contribution in [1.82, 2.24) is 0 Å². The molecule has 0 aliphatic heterocycles. The molecular weight excluding hydrogens is 325 g/mol. The largest absolute Gasteiger partial charge is 0.575 e. The van der Waals surface area contributed by atoms with Gasteiger partial charge in [-0.3, -0.25) is 4.52 Å². The van der Waals surface area contributed by atoms with Crippen LogP contribution in [0.1, 0.15) is 33.6 Å². The van der Waals surface area contributed by atoms with E-state index in [0.29, 0.717) is 17.5 Å². The van der Waals surface area contributed by atoms with Gasteiger partial charge in [0.15, 0.2) is 6.04 Å². The molecule has 1 aromatic rings. The lowest BCUT2D eigenvalue weighted by Crippen LogP contribution is -2.21. The third-order valence-electron chi connectivity index (χ3n) is 3.24. The number of para-hydroxylation sites is 1. The van der Waals surface area contributed by atoms with Crippen molar-refractivity contribution in [2.24, 2.45) is 10.7 Å². The van der Waals surface area contributed by atoms with Crippen molar-refractivity contribution in [1.29, 1.82) is 0 Å². The molecule has 0 aliphatic carbocycles. The lowest BCUT2D eigenvalue weighted by Gasteiger charge is -2.13. The van der Waals surface area contributed by atoms with Crippen molar-refractivity contribution in [2.75, 3.05) is 6.61 Å². The summed E-state index contributed by atoms with van der Waals surface area (Å²) in [4.78, 5) is 23.6. The van der Waals surface area contributed by atoms with E-state index in [2.05, 4.69) is 4.74 Å². The van der Waals surface area contributed by atoms with E-state index in [9.17, 15) is 9.69 Å². The molecule has 2 atom stereocenters. The second-order valence-electron chi connectivity index (χ2n) is 4.86. The lowest BCUT2D eigenvalue weighted by atomic mass is 10.1. The van der Waals surface area contributed by atoms with E-state index < -0.39 is 20.2 Å². The summed E-state index contributed by atoms with van der Waals surface area (Å²) in [7, 11) is -2.39. The molecule has 0 N–H and O–H groups in total. The van der Waals surface area contributed by atoms with Gasteiger partial charge in [-0.2, -0.15) is 0 Å². The average molecular weight is 346 g/mol. The number of rotatable bonds is 8. The van der Waals surface area contributed by atoms with Gasteiger partial charge in [-0.25, -0.2) is 4.79 Å². The molecule has 5 nitrogen and oxygen atoms in total. The zero-order valence-electron chi connectivity index (χ0n) is 13.0. The number of nitrogens with zero attached hydrogens (tertiary/aromatic N) is 1. The van der Waals surface area contributed by atoms with Crippen molar-refractivity contribution in [3.63, 3.8) is 0 Å². The highest BCUT2D eigenvalue weighted by Gasteiger charge is 2.20. The number of carbonyl (C=O) groups is 1. The predicted molar refractivity (Wildman–Crippen MR) is 85.9 cm³/mol. The fourth-order valence-corrected chi connectivity index (χ4v) is 2.64. The first kappa shape index (κ1) is 18.9. The molecule has 0 amide bonds. The van der Waals surface area contributed by atoms with E-state index in [4.69, 9.17) is 20.9 Å². The minimum atomic E-state index is -2.39. The van der Waals surface area contributed by atoms with Gasteiger partial charge in [-0.15, -0.1) is 0 Å². The van der Waals surface area contributed by atoms with Crippen LogP contribution in [0, 0.1) is 5.92 Å². The molecular formula is C15H21ClNO4P. The highest BCUT2D eigenvalue weighted by molar-refractivity contribution is 7.34. The van der Waals surface area contributed by atoms with Crippen molar-refractivity contribution in [3.05, 3.63) is 29.3 Å². The predicted octanol–water partition coefficient (Wildman–Crippen LogP) is 3.94. The molecule has 0 bridgehead atoms. The van der Waals surface area contributed by atoms with E-state index >= 15 is 0 Å². The Bertz CT molecular complexity index is 520. The van der Waals surface area contributed by atoms with E-state index in [0.717, 1.165) is 12.8 Å². The molecule has 0 saturated carbocycles. The van der Waals surface area contributed by atoms with Crippen LogP contribution in [0.5, 0.6) is 5.75 Å². The number of carbonyl (C=O) groups excluding carboxylic acids is 1. The van der Waals surface area contributed by atoms with Gasteiger partial charge in [0.05, 0.1) is 11.6 Å². The molecule has 0 saturated heterocycles. The summed E-state index contributed by atoms with van der Waals surface area (Å²) >= 11 is 5.90. The smallest absolute Gasteiger partial charge is 0.395 e. The first-order chi connectivity index (χ1) is 10.5. The number of ether oxygens (including phenoxy) is 1. The minimum Gasteiger partial charge on any atom is -0.575 e. The van der Waals surface area contributed by atoms with Crippen molar-refractivity contribution >= 4 is 25.7 Å². The number of esters is 1. The summed E-state index contributed by atoms with van der Waals surface area (Å²) in [6.07, 6.45) is 1.89. The van der Waals surface area contributed by atoms with Crippen LogP contribution in [-0.2, 0) is 9.53 Å². The Kier molecular flexibility index (Phi) is 8.39. The zero-order chi connectivity index (χ0) is 16.5. The van der Waals surface area contributed by atoms with Crippen molar-refractivity contribution < 1.29 is 18.9 Å². The van der Waals surface area contributed by atoms with Crippen molar-refractivity contribution in [2.45, 2.75) is 39.7 Å². The number of hydrogen-bond donors (Lipinski definition) is 0. The standard InChI is InChI=1S/C15H21ClNO4P/c1-4-12(5-2)10-20-15(18)11(3)17-22(19)21-14-9-7-6-8-13(14)16/h6-9,11-12H,4-5,10H2,1-3H3/t11-/m0/s1. The molecule has 1 aromatic carbocycles. The zero-order valence-corrected chi connectivity index (χ0v) is 14.6. The van der Waals surface area contributed by atoms with Crippen LogP contribution >= 0.6 is 19.8 Å². The summed E-state index contributed by atoms with van der Waals surface area (Å²) < 4.78 is 14.1. The van der Waals surface area contributed by atoms with Gasteiger partial charge >= 0.3 is 14.1 Å². The molecule has 22 heavy (non-hydrogen) atoms. The summed E-state index contributed by atoms with van der Waals surface area (Å²) in [5.74, 6) is 0.105. The van der Waals surface area contributed by atoms with Crippen LogP contribution in [-0.4, -0.2) is 18.6 Å². The van der Waals surface area contributed by atoms with E-state index in [1.165, 1.54) is 6.92 Å². The third kappa shape index (κ3) is 6.30. The third-order valence-corrected chi connectivity index (χ3v) is 4.44. The minimum absolute atomic E-state index is 0.270. The molecule has 0 heterocycles. The molecule has 0 fully saturated rings. The highest BCUT2D eigenvalue weighted by Crippen LogP contribution is 2.30. The molecule has 0 radical (unpaired) electrons. The Balaban J connectivity index is 2.56. The first-order valence-electron chi connectivity index (χ1n) is 7.25. The van der Waals surface area contributed by atoms with E-state index in [1.54, 1.807) is 24.3 Å². The van der Waals surface area contributed by atoms with Gasteiger partial charge in [0.25, 0.3) is 0 Å². The number of hydrogen-bond acceptors (Lipinski definition) is 5. The second kappa shape index (κ2) is 9.78. The monoisotopic (exact) mass is 345 g/mol. The van der Waals surface area contributed by atoms with Gasteiger partial charge < -0.3 is 9.63 Å². The summed E-state index contributed by atoms with van der Waals surface area (Å²) in [6, 6.07) is 5.80. The Hall–Kier alpha value is -1.16. The molecule has 0 aromatic heterocycles. The summed E-state index contributed by atoms with van der Waals surface area (Å²) in [5.41, 5.74) is 0. The average Bonchev–Trinajstić information content (AvgIpc) is 2.50. The molecule has 1 rings (SSSR count). The maximum atomic E-state index is 11.8. The molecule has 1 unspecified atom stereocenters. The van der Waals surface area contributed by atoms with Crippen molar-refractivity contribution in [3.8, 4) is 5.75 Å². The van der Waals surface area contributed by atoms with Crippen LogP contribution in [0.3, 0.4) is 0 Å². The maximum absolute atomic E-state index is 11.8. The van der Waals surface area contributed by atoms with Crippen LogP contribution in [0.4, 0.5) is 0 Å². The molecule has 122 valence electrons. The highest BCUT2D eigenvalue weighted by atomic mass is 35.5. The number of halogens is 1. The van der Waals surface area contributed by atoms with Gasteiger partial charge in [0.2, 0.25) is 5.75 Å². The van der Waals surface area contributed by atoms with Gasteiger partial charge in [0, 0.05) is 0 Å². The Morgan fingerprint density at radius 1 is 1.36 bits per heavy atom. The molecule has 0 aliphatic rings. The van der Waals surface area contributed by atoms with Crippen LogP contribution in [0.15, 0.2) is 29.0 Å². The fourth-order valence-electron chi connectivity index (χ4n) is 1.66. The Labute approximate surface area is 137 Å². The normalized spacial score (nSPS) is 13.1. The van der Waals surface area contributed by atoms with Gasteiger partial charge in [-0.1, -0.05) is 55.2 Å². The number of benzene rings is 1. The van der Waals surface area contributed by atoms with Crippen LogP contribution in [0.25, 0.3) is 0 Å². The second-order valence-corrected chi connectivity index (χ2v) is 6.16. The Morgan fingerprint density at radius 3 is 2.59 bits per heavy atom. The Morgan fingerprint density at radius 2 is 2.00 bits per heavy atom. The van der Waals surface area contributed by atoms with E-state index in [-0.39, 0.29) is 5.75 Å². The van der Waals surface area contributed by atoms with Crippen LogP contribution in [0.2, 0.25) is 5.02 Å². The lowest BCUT2D eigenvalue weighted by molar-refractivity contribution is -0.169. The summed E-state index contributed by atoms with van der Waals surface area (Å²) in [5, 5.41) is 0.338. The summed E-state index contributed by atoms with van der Waals surface area (Å²) in [6.45, 7) is 5.97. The first-order valence-corrected chi connectivity index (χ1v) is 8.75. The topological polar surface area (TPSA) is 71.0 Å². The van der Waals surface area contributed by atoms with E-state index in [1.807, 2.05) is 13.8 Å². The SMILES string of the molecule is CCC(CC)COC(=O)[C@H](C)N=[P+]([O-])Oc1ccccc1Cl. The van der Waals surface area contributed by atoms with Crippen LogP contribution < -0.4 is 9.42 Å². The maximum Gasteiger partial charge on any atom is 0.395 e.